The molecule has 0 unspecified atom stereocenters. The molecule has 0 radical (unpaired) electrons. The molecular weight excluding hydrogens is 198 g/mol. The summed E-state index contributed by atoms with van der Waals surface area (Å²) in [5.41, 5.74) is 1.99. The van der Waals surface area contributed by atoms with E-state index >= 15 is 0 Å². The topological polar surface area (TPSA) is 22.1 Å². The maximum atomic E-state index is 5.71. The van der Waals surface area contributed by atoms with Gasteiger partial charge in [-0.25, -0.2) is 0 Å². The zero-order valence-corrected chi connectivity index (χ0v) is 9.64. The van der Waals surface area contributed by atoms with E-state index < -0.39 is 0 Å². The van der Waals surface area contributed by atoms with Crippen LogP contribution in [0.25, 0.3) is 0 Å². The molecule has 1 aromatic heterocycles. The highest BCUT2D eigenvalue weighted by atomic mass is 35.5. The second kappa shape index (κ2) is 5.20. The van der Waals surface area contributed by atoms with Crippen LogP contribution in [0.1, 0.15) is 32.0 Å². The van der Waals surface area contributed by atoms with E-state index in [0.717, 1.165) is 23.4 Å². The molecule has 0 atom stereocenters. The lowest BCUT2D eigenvalue weighted by molar-refractivity contribution is 0.239. The van der Waals surface area contributed by atoms with Crippen LogP contribution in [-0.4, -0.2) is 11.1 Å². The Balaban J connectivity index is 2.96. The molecule has 0 saturated heterocycles. The summed E-state index contributed by atoms with van der Waals surface area (Å²) >= 11 is 5.71. The average molecular weight is 214 g/mol. The van der Waals surface area contributed by atoms with Gasteiger partial charge >= 0.3 is 0 Å². The van der Waals surface area contributed by atoms with Crippen LogP contribution in [0.15, 0.2) is 12.3 Å². The van der Waals surface area contributed by atoms with Crippen molar-refractivity contribution in [3.05, 3.63) is 23.5 Å². The predicted octanol–water partition coefficient (Wildman–Crippen LogP) is 3.17. The molecule has 0 fully saturated rings. The summed E-state index contributed by atoms with van der Waals surface area (Å²) in [6.45, 7) is 6.12. The van der Waals surface area contributed by atoms with Crippen molar-refractivity contribution >= 4 is 11.6 Å². The van der Waals surface area contributed by atoms with Crippen LogP contribution >= 0.6 is 11.6 Å². The minimum absolute atomic E-state index is 0.186. The zero-order valence-electron chi connectivity index (χ0n) is 8.88. The fraction of sp³-hybridized carbons (Fsp3) is 0.545. The predicted molar refractivity (Wildman–Crippen MR) is 58.9 cm³/mol. The standard InChI is InChI=1S/C11H16ClNO/c1-4-9-7-13-10(6-12)5-11(9)14-8(2)3/h5,7-8H,4,6H2,1-3H3. The van der Waals surface area contributed by atoms with E-state index in [1.54, 1.807) is 0 Å². The lowest BCUT2D eigenvalue weighted by Crippen LogP contribution is -2.08. The number of rotatable bonds is 4. The van der Waals surface area contributed by atoms with Gasteiger partial charge in [0.2, 0.25) is 0 Å². The van der Waals surface area contributed by atoms with Crippen molar-refractivity contribution in [2.24, 2.45) is 0 Å². The van der Waals surface area contributed by atoms with Crippen LogP contribution in [0.3, 0.4) is 0 Å². The molecule has 0 aliphatic heterocycles. The molecule has 0 bridgehead atoms. The van der Waals surface area contributed by atoms with Crippen molar-refractivity contribution in [1.29, 1.82) is 0 Å². The largest absolute Gasteiger partial charge is 0.491 e. The van der Waals surface area contributed by atoms with Gasteiger partial charge in [0.15, 0.2) is 0 Å². The first kappa shape index (κ1) is 11.3. The van der Waals surface area contributed by atoms with Crippen LogP contribution in [0.5, 0.6) is 5.75 Å². The van der Waals surface area contributed by atoms with Gasteiger partial charge in [-0.15, -0.1) is 11.6 Å². The maximum absolute atomic E-state index is 5.71. The first-order valence-corrected chi connectivity index (χ1v) is 5.41. The number of ether oxygens (including phenoxy) is 1. The molecule has 0 saturated carbocycles. The third-order valence-corrected chi connectivity index (χ3v) is 2.15. The number of alkyl halides is 1. The van der Waals surface area contributed by atoms with Crippen LogP contribution in [0.2, 0.25) is 0 Å². The van der Waals surface area contributed by atoms with E-state index in [4.69, 9.17) is 16.3 Å². The number of hydrogen-bond acceptors (Lipinski definition) is 2. The Morgan fingerprint density at radius 1 is 1.50 bits per heavy atom. The number of aromatic nitrogens is 1. The van der Waals surface area contributed by atoms with Crippen molar-refractivity contribution in [2.45, 2.75) is 39.2 Å². The van der Waals surface area contributed by atoms with Gasteiger partial charge in [0, 0.05) is 17.8 Å². The van der Waals surface area contributed by atoms with Crippen LogP contribution in [0.4, 0.5) is 0 Å². The lowest BCUT2D eigenvalue weighted by Gasteiger charge is -2.13. The quantitative estimate of drug-likeness (QED) is 0.717. The Hall–Kier alpha value is -0.760. The molecule has 0 N–H and O–H groups in total. The highest BCUT2D eigenvalue weighted by Gasteiger charge is 2.06. The smallest absolute Gasteiger partial charge is 0.126 e. The highest BCUT2D eigenvalue weighted by molar-refractivity contribution is 6.16. The van der Waals surface area contributed by atoms with Crippen LogP contribution in [0, 0.1) is 0 Å². The first-order chi connectivity index (χ1) is 6.67. The Bertz CT molecular complexity index is 299. The second-order valence-electron chi connectivity index (χ2n) is 3.44. The second-order valence-corrected chi connectivity index (χ2v) is 3.70. The summed E-state index contributed by atoms with van der Waals surface area (Å²) in [5.74, 6) is 1.34. The van der Waals surface area contributed by atoms with Crippen molar-refractivity contribution in [3.63, 3.8) is 0 Å². The molecule has 14 heavy (non-hydrogen) atoms. The number of aryl methyl sites for hydroxylation is 1. The molecule has 0 spiro atoms. The van der Waals surface area contributed by atoms with Gasteiger partial charge in [-0.1, -0.05) is 6.92 Å². The van der Waals surface area contributed by atoms with Crippen molar-refractivity contribution in [1.82, 2.24) is 4.98 Å². The SMILES string of the molecule is CCc1cnc(CCl)cc1OC(C)C. The summed E-state index contributed by atoms with van der Waals surface area (Å²) in [4.78, 5) is 4.22. The van der Waals surface area contributed by atoms with Gasteiger partial charge in [-0.05, 0) is 20.3 Å². The number of hydrogen-bond donors (Lipinski definition) is 0. The summed E-state index contributed by atoms with van der Waals surface area (Å²) in [6, 6.07) is 1.92. The molecular formula is C11H16ClNO. The number of nitrogens with zero attached hydrogens (tertiary/aromatic N) is 1. The van der Waals surface area contributed by atoms with Gasteiger partial charge in [0.25, 0.3) is 0 Å². The highest BCUT2D eigenvalue weighted by Crippen LogP contribution is 2.21. The fourth-order valence-corrected chi connectivity index (χ4v) is 1.35. The van der Waals surface area contributed by atoms with Gasteiger partial charge in [-0.2, -0.15) is 0 Å². The van der Waals surface area contributed by atoms with Gasteiger partial charge in [-0.3, -0.25) is 4.98 Å². The molecule has 1 aromatic rings. The van der Waals surface area contributed by atoms with Gasteiger partial charge in [0.05, 0.1) is 17.7 Å². The van der Waals surface area contributed by atoms with E-state index in [1.165, 1.54) is 0 Å². The minimum Gasteiger partial charge on any atom is -0.491 e. The number of halogens is 1. The molecule has 1 heterocycles. The molecule has 0 aromatic carbocycles. The Morgan fingerprint density at radius 2 is 2.21 bits per heavy atom. The van der Waals surface area contributed by atoms with Crippen molar-refractivity contribution < 1.29 is 4.74 Å². The first-order valence-electron chi connectivity index (χ1n) is 4.87. The monoisotopic (exact) mass is 213 g/mol. The fourth-order valence-electron chi connectivity index (χ4n) is 1.21. The molecule has 3 heteroatoms. The Kier molecular flexibility index (Phi) is 4.21. The molecule has 78 valence electrons. The van der Waals surface area contributed by atoms with Crippen LogP contribution < -0.4 is 4.74 Å². The average Bonchev–Trinajstić information content (AvgIpc) is 2.16. The number of pyridine rings is 1. The summed E-state index contributed by atoms with van der Waals surface area (Å²) in [6.07, 6.45) is 2.96. The zero-order chi connectivity index (χ0) is 10.6. The van der Waals surface area contributed by atoms with Gasteiger partial charge < -0.3 is 4.74 Å². The summed E-state index contributed by atoms with van der Waals surface area (Å²) in [5, 5.41) is 0. The van der Waals surface area contributed by atoms with E-state index in [9.17, 15) is 0 Å². The molecule has 0 aliphatic rings. The maximum Gasteiger partial charge on any atom is 0.126 e. The molecule has 2 nitrogen and oxygen atoms in total. The third kappa shape index (κ3) is 2.88. The lowest BCUT2D eigenvalue weighted by atomic mass is 10.2. The molecule has 0 aliphatic carbocycles. The van der Waals surface area contributed by atoms with Crippen molar-refractivity contribution in [2.75, 3.05) is 0 Å². The Morgan fingerprint density at radius 3 is 2.71 bits per heavy atom. The summed E-state index contributed by atoms with van der Waals surface area (Å²) in [7, 11) is 0. The van der Waals surface area contributed by atoms with Crippen LogP contribution in [-0.2, 0) is 12.3 Å². The van der Waals surface area contributed by atoms with E-state index in [1.807, 2.05) is 26.1 Å². The van der Waals surface area contributed by atoms with E-state index in [2.05, 4.69) is 11.9 Å². The molecule has 1 rings (SSSR count). The Labute approximate surface area is 90.3 Å². The van der Waals surface area contributed by atoms with Crippen molar-refractivity contribution in [3.8, 4) is 5.75 Å². The van der Waals surface area contributed by atoms with E-state index in [0.29, 0.717) is 5.88 Å². The van der Waals surface area contributed by atoms with Gasteiger partial charge in [0.1, 0.15) is 5.75 Å². The normalized spacial score (nSPS) is 10.6. The summed E-state index contributed by atoms with van der Waals surface area (Å²) < 4.78 is 5.68. The molecule has 0 amide bonds. The minimum atomic E-state index is 0.186. The third-order valence-electron chi connectivity index (χ3n) is 1.88. The van der Waals surface area contributed by atoms with E-state index in [-0.39, 0.29) is 6.10 Å².